The van der Waals surface area contributed by atoms with Gasteiger partial charge in [0.1, 0.15) is 5.75 Å². The first-order valence-corrected chi connectivity index (χ1v) is 17.8. The van der Waals surface area contributed by atoms with Crippen LogP contribution in [0.1, 0.15) is 50.1 Å². The van der Waals surface area contributed by atoms with Crippen molar-refractivity contribution in [3.63, 3.8) is 0 Å². The average molecular weight is 678 g/mol. The molecule has 1 fully saturated rings. The van der Waals surface area contributed by atoms with Crippen LogP contribution in [0.4, 0.5) is 11.4 Å². The van der Waals surface area contributed by atoms with Gasteiger partial charge in [-0.25, -0.2) is 0 Å². The summed E-state index contributed by atoms with van der Waals surface area (Å²) in [5.74, 6) is 4.04. The van der Waals surface area contributed by atoms with Crippen LogP contribution in [0.5, 0.6) is 5.75 Å². The highest BCUT2D eigenvalue weighted by Crippen LogP contribution is 2.37. The topological polar surface area (TPSA) is 55.6 Å². The summed E-state index contributed by atoms with van der Waals surface area (Å²) in [4.78, 5) is 9.34. The Kier molecular flexibility index (Phi) is 16.8. The number of ether oxygens (including phenoxy) is 1. The second-order valence-corrected chi connectivity index (χ2v) is 12.0. The third-order valence-electron chi connectivity index (χ3n) is 7.69. The maximum Gasteiger partial charge on any atom is 0.133 e. The van der Waals surface area contributed by atoms with E-state index in [4.69, 9.17) is 4.74 Å². The number of nitrogens with zero attached hydrogens (tertiary/aromatic N) is 2. The SMILES string of the molecule is C#CC.C=C(Nc1ccc(NC(=C)N2CCN(C(=C)c3c(C)[nH]c4cc(SC)c(OC)cc34)CC2)cc1)c1ccc(C)cc1.C=CC.CC. The van der Waals surface area contributed by atoms with Gasteiger partial charge in [0.05, 0.1) is 17.8 Å². The van der Waals surface area contributed by atoms with Crippen molar-refractivity contribution in [3.8, 4) is 18.1 Å². The molecule has 0 unspecified atom stereocenters. The summed E-state index contributed by atoms with van der Waals surface area (Å²) in [5.41, 5.74) is 9.63. The van der Waals surface area contributed by atoms with Gasteiger partial charge in [-0.3, -0.25) is 0 Å². The van der Waals surface area contributed by atoms with Crippen molar-refractivity contribution in [1.82, 2.24) is 14.8 Å². The normalized spacial score (nSPS) is 11.7. The number of anilines is 2. The molecule has 0 radical (unpaired) electrons. The highest BCUT2D eigenvalue weighted by atomic mass is 32.2. The third-order valence-corrected chi connectivity index (χ3v) is 8.45. The van der Waals surface area contributed by atoms with Crippen LogP contribution < -0.4 is 15.4 Å². The molecule has 1 aliphatic rings. The minimum Gasteiger partial charge on any atom is -0.496 e. The molecule has 0 aliphatic carbocycles. The summed E-state index contributed by atoms with van der Waals surface area (Å²) in [7, 11) is 1.73. The van der Waals surface area contributed by atoms with Gasteiger partial charge in [0.2, 0.25) is 0 Å². The predicted molar refractivity (Wildman–Crippen MR) is 218 cm³/mol. The van der Waals surface area contributed by atoms with Crippen LogP contribution in [-0.4, -0.2) is 54.3 Å². The third kappa shape index (κ3) is 11.1. The zero-order chi connectivity index (χ0) is 36.5. The molecule has 1 aliphatic heterocycles. The largest absolute Gasteiger partial charge is 0.496 e. The maximum absolute atomic E-state index is 5.66. The number of aromatic nitrogens is 1. The van der Waals surface area contributed by atoms with Crippen molar-refractivity contribution >= 4 is 45.4 Å². The number of piperazine rings is 1. The molecule has 0 amide bonds. The van der Waals surface area contributed by atoms with E-state index in [1.165, 1.54) is 5.56 Å². The van der Waals surface area contributed by atoms with Gasteiger partial charge < -0.3 is 30.2 Å². The molecule has 1 aromatic heterocycles. The van der Waals surface area contributed by atoms with E-state index >= 15 is 0 Å². The van der Waals surface area contributed by atoms with Crippen LogP contribution in [0, 0.1) is 26.2 Å². The van der Waals surface area contributed by atoms with Crippen LogP contribution in [0.25, 0.3) is 22.3 Å². The molecule has 0 bridgehead atoms. The van der Waals surface area contributed by atoms with Gasteiger partial charge in [-0.2, -0.15) is 0 Å². The summed E-state index contributed by atoms with van der Waals surface area (Å²) in [6.45, 7) is 31.6. The van der Waals surface area contributed by atoms with Crippen molar-refractivity contribution in [3.05, 3.63) is 121 Å². The molecule has 0 spiro atoms. The van der Waals surface area contributed by atoms with Gasteiger partial charge in [-0.1, -0.05) is 69.5 Å². The van der Waals surface area contributed by atoms with Crippen LogP contribution in [-0.2, 0) is 0 Å². The molecule has 0 saturated carbocycles. The number of benzene rings is 3. The van der Waals surface area contributed by atoms with Gasteiger partial charge in [0, 0.05) is 71.1 Å². The van der Waals surface area contributed by atoms with E-state index in [2.05, 4.69) is 145 Å². The Hall–Kier alpha value is -4.93. The molecule has 1 saturated heterocycles. The Labute approximate surface area is 300 Å². The molecule has 0 atom stereocenters. The lowest BCUT2D eigenvalue weighted by Gasteiger charge is -2.39. The molecular formula is C42H55N5OS. The fraction of sp³-hybridized carbons (Fsp3) is 0.286. The van der Waals surface area contributed by atoms with Gasteiger partial charge in [0.15, 0.2) is 0 Å². The minimum atomic E-state index is 0.863. The fourth-order valence-corrected chi connectivity index (χ4v) is 5.89. The number of terminal acetylenes is 1. The summed E-state index contributed by atoms with van der Waals surface area (Å²) < 4.78 is 5.66. The monoisotopic (exact) mass is 677 g/mol. The molecule has 5 rings (SSSR count). The number of aromatic amines is 1. The van der Waals surface area contributed by atoms with E-state index in [9.17, 15) is 0 Å². The van der Waals surface area contributed by atoms with Gasteiger partial charge in [-0.05, 0) is 75.9 Å². The van der Waals surface area contributed by atoms with Crippen LogP contribution >= 0.6 is 11.8 Å². The predicted octanol–water partition coefficient (Wildman–Crippen LogP) is 10.6. The smallest absolute Gasteiger partial charge is 0.133 e. The standard InChI is InChI=1S/C34H39N5OS.C3H6.C3H4.C2H6/c1-22-8-10-27(11-9-22)23(2)35-28-12-14-29(15-13-28)37-26(5)39-18-16-38(17-19-39)25(4)34-24(3)36-31-21-33(41-7)32(40-6)20-30(31)34;2*1-3-2;1-2/h8-15,20-21,35-37H,2,4-5,16-19H2,1,3,6-7H3;3H,1H2,2H3;1H,2H3;1-2H3. The Balaban J connectivity index is 0.000000956. The number of aryl methyl sites for hydroxylation is 2. The number of allylic oxidation sites excluding steroid dienone is 1. The first-order chi connectivity index (χ1) is 23.6. The van der Waals surface area contributed by atoms with E-state index in [1.54, 1.807) is 31.9 Å². The number of H-pyrrole nitrogens is 1. The Bertz CT molecular complexity index is 1720. The lowest BCUT2D eigenvalue weighted by molar-refractivity contribution is 0.216. The summed E-state index contributed by atoms with van der Waals surface area (Å²) >= 11 is 1.69. The molecule has 3 aromatic carbocycles. The summed E-state index contributed by atoms with van der Waals surface area (Å²) in [6, 6.07) is 20.9. The van der Waals surface area contributed by atoms with Crippen molar-refractivity contribution in [2.75, 3.05) is 50.2 Å². The molecular weight excluding hydrogens is 623 g/mol. The molecule has 260 valence electrons. The van der Waals surface area contributed by atoms with E-state index in [-0.39, 0.29) is 0 Å². The molecule has 2 heterocycles. The number of nitrogens with one attached hydrogen (secondary N) is 3. The molecule has 49 heavy (non-hydrogen) atoms. The van der Waals surface area contributed by atoms with E-state index in [1.807, 2.05) is 20.8 Å². The summed E-state index contributed by atoms with van der Waals surface area (Å²) in [6.07, 6.45) is 8.42. The number of hydrogen-bond donors (Lipinski definition) is 3. The van der Waals surface area contributed by atoms with Gasteiger partial charge >= 0.3 is 0 Å². The van der Waals surface area contributed by atoms with Crippen molar-refractivity contribution < 1.29 is 4.74 Å². The highest BCUT2D eigenvalue weighted by molar-refractivity contribution is 7.98. The van der Waals surface area contributed by atoms with E-state index < -0.39 is 0 Å². The number of fused-ring (bicyclic) bond motifs is 1. The lowest BCUT2D eigenvalue weighted by atomic mass is 10.1. The van der Waals surface area contributed by atoms with Gasteiger partial charge in [-0.15, -0.1) is 30.7 Å². The minimum absolute atomic E-state index is 0.863. The molecule has 6 nitrogen and oxygen atoms in total. The molecule has 3 N–H and O–H groups in total. The van der Waals surface area contributed by atoms with Crippen LogP contribution in [0.3, 0.4) is 0 Å². The zero-order valence-corrected chi connectivity index (χ0v) is 31.6. The van der Waals surface area contributed by atoms with Crippen molar-refractivity contribution in [2.24, 2.45) is 0 Å². The van der Waals surface area contributed by atoms with Crippen molar-refractivity contribution in [2.45, 2.75) is 46.4 Å². The number of hydrogen-bond acceptors (Lipinski definition) is 6. The second kappa shape index (κ2) is 20.4. The lowest BCUT2D eigenvalue weighted by Crippen LogP contribution is -2.45. The Morgan fingerprint density at radius 2 is 1.43 bits per heavy atom. The fourth-order valence-electron chi connectivity index (χ4n) is 5.32. The molecule has 7 heteroatoms. The quantitative estimate of drug-likeness (QED) is 0.0882. The number of thioether (sulfide) groups is 1. The highest BCUT2D eigenvalue weighted by Gasteiger charge is 2.23. The number of methoxy groups -OCH3 is 1. The van der Waals surface area contributed by atoms with E-state index in [0.29, 0.717) is 0 Å². The van der Waals surface area contributed by atoms with Crippen LogP contribution in [0.2, 0.25) is 0 Å². The Morgan fingerprint density at radius 3 is 1.94 bits per heavy atom. The first kappa shape index (κ1) is 40.2. The van der Waals surface area contributed by atoms with E-state index in [0.717, 1.165) is 93.1 Å². The Morgan fingerprint density at radius 1 is 0.918 bits per heavy atom. The van der Waals surface area contributed by atoms with Gasteiger partial charge in [0.25, 0.3) is 0 Å². The summed E-state index contributed by atoms with van der Waals surface area (Å²) in [5, 5.41) is 8.02. The van der Waals surface area contributed by atoms with Crippen molar-refractivity contribution in [1.29, 1.82) is 0 Å². The first-order valence-electron chi connectivity index (χ1n) is 16.6. The maximum atomic E-state index is 5.66. The second-order valence-electron chi connectivity index (χ2n) is 11.1. The average Bonchev–Trinajstić information content (AvgIpc) is 3.44. The van der Waals surface area contributed by atoms with Crippen LogP contribution in [0.15, 0.2) is 104 Å². The number of rotatable bonds is 10. The molecule has 4 aromatic rings. The zero-order valence-electron chi connectivity index (χ0n) is 30.8.